The first-order valence-corrected chi connectivity index (χ1v) is 10.6. The maximum absolute atomic E-state index is 12.9. The van der Waals surface area contributed by atoms with Crippen LogP contribution >= 0.6 is 11.6 Å². The van der Waals surface area contributed by atoms with Crippen LogP contribution in [-0.2, 0) is 4.79 Å². The lowest BCUT2D eigenvalue weighted by molar-refractivity contribution is -0.117. The van der Waals surface area contributed by atoms with E-state index in [1.54, 1.807) is 36.4 Å². The molecule has 2 aliphatic rings. The van der Waals surface area contributed by atoms with E-state index in [2.05, 4.69) is 5.32 Å². The zero-order valence-electron chi connectivity index (χ0n) is 16.9. The number of nitriles is 1. The monoisotopic (exact) mass is 439 g/mol. The Morgan fingerprint density at radius 3 is 2.55 bits per heavy atom. The summed E-state index contributed by atoms with van der Waals surface area (Å²) in [4.78, 5) is 27.3. The summed E-state index contributed by atoms with van der Waals surface area (Å²) >= 11 is 6.01. The van der Waals surface area contributed by atoms with E-state index >= 15 is 0 Å². The van der Waals surface area contributed by atoms with Gasteiger partial charge in [-0.2, -0.15) is 5.26 Å². The Morgan fingerprint density at radius 1 is 1.10 bits per heavy atom. The number of nitrogens with one attached hydrogen (secondary N) is 1. The van der Waals surface area contributed by atoms with E-state index in [0.29, 0.717) is 72.5 Å². The van der Waals surface area contributed by atoms with E-state index < -0.39 is 0 Å². The second-order valence-electron chi connectivity index (χ2n) is 7.63. The number of nitrogens with zero attached hydrogens (tertiary/aromatic N) is 2. The number of amides is 1. The van der Waals surface area contributed by atoms with Crippen molar-refractivity contribution in [1.82, 2.24) is 4.90 Å². The topological polar surface area (TPSA) is 91.7 Å². The van der Waals surface area contributed by atoms with Crippen LogP contribution in [0.2, 0.25) is 5.02 Å². The molecule has 1 amide bonds. The van der Waals surface area contributed by atoms with Gasteiger partial charge in [0.25, 0.3) is 0 Å². The van der Waals surface area contributed by atoms with Crippen LogP contribution in [0.25, 0.3) is 0 Å². The van der Waals surface area contributed by atoms with Crippen molar-refractivity contribution in [2.24, 2.45) is 5.92 Å². The summed E-state index contributed by atoms with van der Waals surface area (Å²) in [6, 6.07) is 12.1. The first-order chi connectivity index (χ1) is 15.0. The number of benzene rings is 2. The van der Waals surface area contributed by atoms with Crippen molar-refractivity contribution in [3.05, 3.63) is 52.5 Å². The van der Waals surface area contributed by atoms with Gasteiger partial charge >= 0.3 is 0 Å². The van der Waals surface area contributed by atoms with E-state index in [1.165, 1.54) is 0 Å². The van der Waals surface area contributed by atoms with Gasteiger partial charge in [0.05, 0.1) is 17.1 Å². The average Bonchev–Trinajstić information content (AvgIpc) is 2.79. The molecule has 0 bridgehead atoms. The minimum Gasteiger partial charge on any atom is -0.486 e. The Hall–Kier alpha value is -3.08. The van der Waals surface area contributed by atoms with Crippen LogP contribution in [0.1, 0.15) is 28.8 Å². The molecule has 2 aliphatic heterocycles. The van der Waals surface area contributed by atoms with Crippen LogP contribution in [0.15, 0.2) is 36.4 Å². The SMILES string of the molecule is N#Cc1ccc(NC(=O)CN2CCC(C(=O)c3ccc4c(c3)OCCO4)CC2)cc1Cl. The summed E-state index contributed by atoms with van der Waals surface area (Å²) in [5.41, 5.74) is 1.56. The fourth-order valence-corrected chi connectivity index (χ4v) is 4.10. The Kier molecular flexibility index (Phi) is 6.40. The lowest BCUT2D eigenvalue weighted by Crippen LogP contribution is -2.40. The third-order valence-corrected chi connectivity index (χ3v) is 5.84. The minimum atomic E-state index is -0.155. The van der Waals surface area contributed by atoms with Crippen LogP contribution in [0.3, 0.4) is 0 Å². The number of hydrogen-bond acceptors (Lipinski definition) is 6. The number of fused-ring (bicyclic) bond motifs is 1. The number of carbonyl (C=O) groups is 2. The Balaban J connectivity index is 1.28. The Labute approximate surface area is 185 Å². The summed E-state index contributed by atoms with van der Waals surface area (Å²) in [5, 5.41) is 12.0. The number of ketones is 1. The van der Waals surface area contributed by atoms with Gasteiger partial charge in [-0.3, -0.25) is 14.5 Å². The molecule has 0 atom stereocenters. The molecule has 8 heteroatoms. The van der Waals surface area contributed by atoms with Crippen LogP contribution in [-0.4, -0.2) is 49.4 Å². The minimum absolute atomic E-state index is 0.0702. The van der Waals surface area contributed by atoms with Gasteiger partial charge in [-0.25, -0.2) is 0 Å². The molecular formula is C23H22ClN3O4. The van der Waals surface area contributed by atoms with Gasteiger partial charge in [-0.05, 0) is 62.3 Å². The molecule has 4 rings (SSSR count). The maximum atomic E-state index is 12.9. The first-order valence-electron chi connectivity index (χ1n) is 10.2. The maximum Gasteiger partial charge on any atom is 0.238 e. The second-order valence-corrected chi connectivity index (χ2v) is 8.03. The number of halogens is 1. The Morgan fingerprint density at radius 2 is 1.84 bits per heavy atom. The second kappa shape index (κ2) is 9.38. The van der Waals surface area contributed by atoms with E-state index in [4.69, 9.17) is 26.3 Å². The van der Waals surface area contributed by atoms with Gasteiger partial charge in [0, 0.05) is 17.2 Å². The highest BCUT2D eigenvalue weighted by atomic mass is 35.5. The molecule has 2 heterocycles. The van der Waals surface area contributed by atoms with Crippen LogP contribution in [0, 0.1) is 17.2 Å². The predicted molar refractivity (Wildman–Crippen MR) is 116 cm³/mol. The highest BCUT2D eigenvalue weighted by Gasteiger charge is 2.27. The van der Waals surface area contributed by atoms with E-state index in [1.807, 2.05) is 11.0 Å². The van der Waals surface area contributed by atoms with Crippen LogP contribution < -0.4 is 14.8 Å². The standard InChI is InChI=1S/C23H22ClN3O4/c24-19-12-18(3-1-17(19)13-25)26-22(28)14-27-7-5-15(6-8-27)23(29)16-2-4-20-21(11-16)31-10-9-30-20/h1-4,11-12,15H,5-10,14H2,(H,26,28). The highest BCUT2D eigenvalue weighted by Crippen LogP contribution is 2.32. The van der Waals surface area contributed by atoms with Crippen molar-refractivity contribution >= 4 is 29.0 Å². The number of hydrogen-bond donors (Lipinski definition) is 1. The van der Waals surface area contributed by atoms with Gasteiger partial charge < -0.3 is 14.8 Å². The summed E-state index contributed by atoms with van der Waals surface area (Å²) < 4.78 is 11.1. The van der Waals surface area contributed by atoms with Crippen molar-refractivity contribution < 1.29 is 19.1 Å². The van der Waals surface area contributed by atoms with E-state index in [9.17, 15) is 9.59 Å². The fraction of sp³-hybridized carbons (Fsp3) is 0.348. The molecule has 1 N–H and O–H groups in total. The van der Waals surface area contributed by atoms with Crippen molar-refractivity contribution in [3.8, 4) is 17.6 Å². The average molecular weight is 440 g/mol. The quantitative estimate of drug-likeness (QED) is 0.717. The van der Waals surface area contributed by atoms with Gasteiger partial charge in [-0.1, -0.05) is 11.6 Å². The first kappa shape index (κ1) is 21.2. The van der Waals surface area contributed by atoms with Gasteiger partial charge in [0.1, 0.15) is 19.3 Å². The normalized spacial score (nSPS) is 16.4. The molecule has 160 valence electrons. The predicted octanol–water partition coefficient (Wildman–Crippen LogP) is 3.52. The molecule has 0 radical (unpaired) electrons. The molecule has 2 aromatic rings. The Bertz CT molecular complexity index is 1040. The van der Waals surface area contributed by atoms with Crippen molar-refractivity contribution in [2.45, 2.75) is 12.8 Å². The van der Waals surface area contributed by atoms with Crippen LogP contribution in [0.5, 0.6) is 11.5 Å². The van der Waals surface area contributed by atoms with E-state index in [-0.39, 0.29) is 24.2 Å². The van der Waals surface area contributed by atoms with Gasteiger partial charge in [0.2, 0.25) is 5.91 Å². The van der Waals surface area contributed by atoms with Crippen molar-refractivity contribution in [2.75, 3.05) is 38.2 Å². The summed E-state index contributed by atoms with van der Waals surface area (Å²) in [6.45, 7) is 2.58. The zero-order valence-corrected chi connectivity index (χ0v) is 17.7. The number of likely N-dealkylation sites (tertiary alicyclic amines) is 1. The molecule has 0 aromatic heterocycles. The van der Waals surface area contributed by atoms with Crippen LogP contribution in [0.4, 0.5) is 5.69 Å². The number of rotatable bonds is 5. The molecular weight excluding hydrogens is 418 g/mol. The summed E-state index contributed by atoms with van der Waals surface area (Å²) in [6.07, 6.45) is 1.40. The molecule has 2 aromatic carbocycles. The number of carbonyl (C=O) groups excluding carboxylic acids is 2. The number of Topliss-reactive ketones (excluding diaryl/α,β-unsaturated/α-hetero) is 1. The van der Waals surface area contributed by atoms with E-state index in [0.717, 1.165) is 0 Å². The largest absolute Gasteiger partial charge is 0.486 e. The molecule has 0 spiro atoms. The molecule has 1 saturated heterocycles. The molecule has 0 unspecified atom stereocenters. The third-order valence-electron chi connectivity index (χ3n) is 5.53. The molecule has 1 fully saturated rings. The lowest BCUT2D eigenvalue weighted by Gasteiger charge is -2.30. The van der Waals surface area contributed by atoms with Crippen molar-refractivity contribution in [1.29, 1.82) is 5.26 Å². The molecule has 0 aliphatic carbocycles. The summed E-state index contributed by atoms with van der Waals surface area (Å²) in [7, 11) is 0. The fourth-order valence-electron chi connectivity index (χ4n) is 3.87. The molecule has 31 heavy (non-hydrogen) atoms. The third kappa shape index (κ3) is 4.98. The molecule has 7 nitrogen and oxygen atoms in total. The number of anilines is 1. The number of piperidine rings is 1. The molecule has 0 saturated carbocycles. The van der Waals surface area contributed by atoms with Crippen molar-refractivity contribution in [3.63, 3.8) is 0 Å². The lowest BCUT2D eigenvalue weighted by atomic mass is 9.88. The zero-order chi connectivity index (χ0) is 21.8. The van der Waals surface area contributed by atoms with Gasteiger partial charge in [-0.15, -0.1) is 0 Å². The smallest absolute Gasteiger partial charge is 0.238 e. The number of ether oxygens (including phenoxy) is 2. The highest BCUT2D eigenvalue weighted by molar-refractivity contribution is 6.32. The van der Waals surface area contributed by atoms with Gasteiger partial charge in [0.15, 0.2) is 17.3 Å². The summed E-state index contributed by atoms with van der Waals surface area (Å²) in [5.74, 6) is 1.17.